The molecule has 5 N–H and O–H groups in total. The van der Waals surface area contributed by atoms with E-state index in [-0.39, 0.29) is 5.82 Å². The lowest BCUT2D eigenvalue weighted by Crippen LogP contribution is -1.84. The minimum Gasteiger partial charge on any atom is -0.382 e. The third kappa shape index (κ3) is 2.86. The molecule has 17 heavy (non-hydrogen) atoms. The second-order valence-electron chi connectivity index (χ2n) is 3.17. The van der Waals surface area contributed by atoms with Gasteiger partial charge in [0.15, 0.2) is 11.5 Å². The molecule has 1 heterocycles. The average Bonchev–Trinajstić information content (AvgIpc) is 2.58. The summed E-state index contributed by atoms with van der Waals surface area (Å²) in [6.07, 6.45) is 0. The number of benzene rings is 1. The van der Waals surface area contributed by atoms with Crippen molar-refractivity contribution in [2.24, 2.45) is 10.2 Å². The van der Waals surface area contributed by atoms with Crippen molar-refractivity contribution in [3.05, 3.63) is 25.3 Å². The molecule has 6 nitrogen and oxygen atoms in total. The van der Waals surface area contributed by atoms with E-state index < -0.39 is 0 Å². The highest BCUT2D eigenvalue weighted by Gasteiger charge is 2.07. The van der Waals surface area contributed by atoms with Crippen molar-refractivity contribution in [3.63, 3.8) is 0 Å². The molecule has 0 spiro atoms. The molecule has 0 saturated heterocycles. The Morgan fingerprint density at radius 1 is 1.18 bits per heavy atom. The summed E-state index contributed by atoms with van der Waals surface area (Å²) in [7, 11) is 0. The maximum atomic E-state index is 5.61. The number of hydrogen-bond donors (Lipinski definition) is 3. The van der Waals surface area contributed by atoms with Crippen molar-refractivity contribution < 1.29 is 0 Å². The Balaban J connectivity index is 2.32. The lowest BCUT2D eigenvalue weighted by atomic mass is 10.3. The second kappa shape index (κ2) is 5.16. The monoisotopic (exact) mass is 454 g/mol. The molecule has 0 amide bonds. The van der Waals surface area contributed by atoms with Gasteiger partial charge >= 0.3 is 0 Å². The van der Waals surface area contributed by atoms with Gasteiger partial charge < -0.3 is 11.5 Å². The number of nitrogen functional groups attached to an aromatic ring is 2. The molecule has 0 saturated carbocycles. The fourth-order valence-electron chi connectivity index (χ4n) is 1.14. The molecule has 0 aliphatic rings. The van der Waals surface area contributed by atoms with E-state index in [0.29, 0.717) is 11.5 Å². The average molecular weight is 454 g/mol. The van der Waals surface area contributed by atoms with Crippen LogP contribution in [-0.4, -0.2) is 10.2 Å². The van der Waals surface area contributed by atoms with Crippen molar-refractivity contribution in [3.8, 4) is 0 Å². The zero-order chi connectivity index (χ0) is 12.4. The lowest BCUT2D eigenvalue weighted by Gasteiger charge is -1.97. The summed E-state index contributed by atoms with van der Waals surface area (Å²) >= 11 is 4.44. The minimum atomic E-state index is 0.242. The molecule has 88 valence electrons. The normalized spacial score (nSPS) is 11.2. The fourth-order valence-corrected chi connectivity index (χ4v) is 2.85. The van der Waals surface area contributed by atoms with E-state index in [1.165, 1.54) is 0 Å². The van der Waals surface area contributed by atoms with Gasteiger partial charge in [-0.05, 0) is 63.4 Å². The van der Waals surface area contributed by atoms with Gasteiger partial charge in [-0.1, -0.05) is 0 Å². The van der Waals surface area contributed by atoms with E-state index in [9.17, 15) is 0 Å². The minimum absolute atomic E-state index is 0.242. The van der Waals surface area contributed by atoms with E-state index in [0.717, 1.165) is 12.8 Å². The first-order valence-electron chi connectivity index (χ1n) is 4.54. The number of halogens is 2. The number of rotatable bonds is 2. The summed E-state index contributed by atoms with van der Waals surface area (Å²) in [5.41, 5.74) is 12.3. The topological polar surface area (TPSA) is 105 Å². The third-order valence-electron chi connectivity index (χ3n) is 1.96. The van der Waals surface area contributed by atoms with Gasteiger partial charge in [-0.3, -0.25) is 5.10 Å². The maximum absolute atomic E-state index is 5.61. The van der Waals surface area contributed by atoms with Gasteiger partial charge in [0.2, 0.25) is 0 Å². The van der Waals surface area contributed by atoms with Crippen LogP contribution in [0.15, 0.2) is 28.4 Å². The van der Waals surface area contributed by atoms with Gasteiger partial charge in [0, 0.05) is 7.14 Å². The zero-order valence-corrected chi connectivity index (χ0v) is 12.8. The van der Waals surface area contributed by atoms with Crippen molar-refractivity contribution in [1.82, 2.24) is 10.2 Å². The van der Waals surface area contributed by atoms with Crippen LogP contribution >= 0.6 is 45.2 Å². The number of aromatic amines is 1. The Morgan fingerprint density at radius 3 is 2.53 bits per heavy atom. The van der Waals surface area contributed by atoms with Crippen LogP contribution in [0.4, 0.5) is 23.0 Å². The molecule has 0 fully saturated rings. The van der Waals surface area contributed by atoms with Crippen LogP contribution < -0.4 is 11.5 Å². The Hall–Kier alpha value is -0.910. The Kier molecular flexibility index (Phi) is 3.81. The fraction of sp³-hybridized carbons (Fsp3) is 0. The molecular formula is C9H8I2N6. The van der Waals surface area contributed by atoms with E-state index in [1.54, 1.807) is 0 Å². The van der Waals surface area contributed by atoms with E-state index in [1.807, 2.05) is 18.2 Å². The van der Waals surface area contributed by atoms with E-state index in [2.05, 4.69) is 65.6 Å². The van der Waals surface area contributed by atoms with Crippen LogP contribution in [0.25, 0.3) is 0 Å². The van der Waals surface area contributed by atoms with Crippen molar-refractivity contribution in [2.75, 3.05) is 11.5 Å². The van der Waals surface area contributed by atoms with Gasteiger partial charge in [-0.2, -0.15) is 5.10 Å². The van der Waals surface area contributed by atoms with Crippen LogP contribution in [0.3, 0.4) is 0 Å². The molecular weight excluding hydrogens is 446 g/mol. The molecule has 1 aromatic heterocycles. The van der Waals surface area contributed by atoms with Crippen LogP contribution in [0, 0.1) is 7.14 Å². The van der Waals surface area contributed by atoms with Gasteiger partial charge in [0.1, 0.15) is 5.82 Å². The quantitative estimate of drug-likeness (QED) is 0.480. The van der Waals surface area contributed by atoms with Crippen molar-refractivity contribution in [1.29, 1.82) is 0 Å². The smallest absolute Gasteiger partial charge is 0.175 e. The van der Waals surface area contributed by atoms with Crippen LogP contribution in [0.1, 0.15) is 0 Å². The highest BCUT2D eigenvalue weighted by atomic mass is 127. The summed E-state index contributed by atoms with van der Waals surface area (Å²) in [5.74, 6) is 0.554. The molecule has 0 bridgehead atoms. The van der Waals surface area contributed by atoms with Crippen LogP contribution in [-0.2, 0) is 0 Å². The van der Waals surface area contributed by atoms with Crippen LogP contribution in [0.2, 0.25) is 0 Å². The number of hydrogen-bond acceptors (Lipinski definition) is 5. The van der Waals surface area contributed by atoms with Gasteiger partial charge in [-0.15, -0.1) is 10.2 Å². The summed E-state index contributed by atoms with van der Waals surface area (Å²) in [5, 5.41) is 14.4. The Labute approximate surface area is 125 Å². The summed E-state index contributed by atoms with van der Waals surface area (Å²) in [6.45, 7) is 0. The molecule has 1 aromatic carbocycles. The number of nitrogens with one attached hydrogen (secondary N) is 1. The molecule has 0 unspecified atom stereocenters. The number of anilines is 2. The highest BCUT2D eigenvalue weighted by Crippen LogP contribution is 2.30. The molecule has 8 heteroatoms. The number of nitrogens with two attached hydrogens (primary N) is 2. The first-order valence-corrected chi connectivity index (χ1v) is 6.70. The Bertz CT molecular complexity index is 557. The van der Waals surface area contributed by atoms with Crippen LogP contribution in [0.5, 0.6) is 0 Å². The molecule has 0 atom stereocenters. The number of aromatic nitrogens is 2. The third-order valence-corrected chi connectivity index (χ3v) is 3.50. The van der Waals surface area contributed by atoms with E-state index >= 15 is 0 Å². The standard InChI is InChI=1S/C9H8I2N6/c10-4-1-2-6(5(11)3-4)14-15-7-8(12)16-17-9(7)13/h1-3H,(H5,12,13,16,17). The van der Waals surface area contributed by atoms with Gasteiger partial charge in [0.25, 0.3) is 0 Å². The van der Waals surface area contributed by atoms with Gasteiger partial charge in [-0.25, -0.2) is 0 Å². The molecule has 0 aliphatic heterocycles. The number of H-pyrrole nitrogens is 1. The number of azo groups is 1. The van der Waals surface area contributed by atoms with Crippen molar-refractivity contribution in [2.45, 2.75) is 0 Å². The summed E-state index contributed by atoms with van der Waals surface area (Å²) in [6, 6.07) is 5.86. The molecule has 0 radical (unpaired) electrons. The number of nitrogens with zero attached hydrogens (tertiary/aromatic N) is 3. The van der Waals surface area contributed by atoms with Gasteiger partial charge in [0.05, 0.1) is 5.69 Å². The highest BCUT2D eigenvalue weighted by molar-refractivity contribution is 14.1. The largest absolute Gasteiger partial charge is 0.382 e. The molecule has 0 aliphatic carbocycles. The van der Waals surface area contributed by atoms with E-state index in [4.69, 9.17) is 11.5 Å². The molecule has 2 rings (SSSR count). The predicted molar refractivity (Wildman–Crippen MR) is 83.5 cm³/mol. The second-order valence-corrected chi connectivity index (χ2v) is 5.57. The van der Waals surface area contributed by atoms with Crippen molar-refractivity contribution >= 4 is 68.2 Å². The first kappa shape index (κ1) is 12.5. The maximum Gasteiger partial charge on any atom is 0.175 e. The summed E-state index contributed by atoms with van der Waals surface area (Å²) < 4.78 is 2.16. The Morgan fingerprint density at radius 2 is 1.94 bits per heavy atom. The summed E-state index contributed by atoms with van der Waals surface area (Å²) in [4.78, 5) is 0. The SMILES string of the molecule is Nc1n[nH]c(N)c1N=Nc1ccc(I)cc1I. The lowest BCUT2D eigenvalue weighted by molar-refractivity contribution is 1.11. The first-order chi connectivity index (χ1) is 8.08. The molecule has 2 aromatic rings. The predicted octanol–water partition coefficient (Wildman–Crippen LogP) is 3.20. The zero-order valence-electron chi connectivity index (χ0n) is 8.48.